The maximum Gasteiger partial charge on any atom is 0.334 e. The van der Waals surface area contributed by atoms with Gasteiger partial charge in [0, 0.05) is 0 Å². The molecule has 0 aliphatic heterocycles. The summed E-state index contributed by atoms with van der Waals surface area (Å²) in [6, 6.07) is 17.9. The van der Waals surface area contributed by atoms with E-state index in [0.717, 1.165) is 0 Å². The summed E-state index contributed by atoms with van der Waals surface area (Å²) in [5, 5.41) is 37.0. The molecule has 0 saturated heterocycles. The van der Waals surface area contributed by atoms with Crippen LogP contribution in [-0.2, 0) is 26.0 Å². The smallest absolute Gasteiger partial charge is 0.334 e. The Morgan fingerprint density at radius 1 is 0.510 bits per heavy atom. The van der Waals surface area contributed by atoms with Gasteiger partial charge in [-0.3, -0.25) is 0 Å². The summed E-state index contributed by atoms with van der Waals surface area (Å²) < 4.78 is 3.60. The van der Waals surface area contributed by atoms with E-state index in [1.165, 1.54) is 22.3 Å². The predicted octanol–water partition coefficient (Wildman–Crippen LogP) is 7.74. The highest BCUT2D eigenvalue weighted by molar-refractivity contribution is 7.53. The van der Waals surface area contributed by atoms with Crippen molar-refractivity contribution in [1.82, 2.24) is 0 Å². The van der Waals surface area contributed by atoms with Crippen molar-refractivity contribution in [2.24, 2.45) is 10.8 Å². The lowest BCUT2D eigenvalue weighted by atomic mass is 9.76. The maximum atomic E-state index is 9.82. The third-order valence-corrected chi connectivity index (χ3v) is 8.96. The molecule has 1 atom stereocenters. The zero-order chi connectivity index (χ0) is 39.2. The standard InChI is InChI=1S/2C14H22.C10H22O4.H4O5P2/c2*1-13(2,3)11-8-7-9-12(10-11)14(4,5)6;1-9(2,3)4-8(14)10(5-11,6-12)7-13;1-6(2)5-7(3)4/h2*7-10H,1-6H3;8,11-14H,4-7H2,1-3H3;1-4H. The first-order chi connectivity index (χ1) is 21.9. The summed E-state index contributed by atoms with van der Waals surface area (Å²) in [4.78, 5) is 31.3. The molecule has 11 heteroatoms. The van der Waals surface area contributed by atoms with Gasteiger partial charge in [0.1, 0.15) is 0 Å². The molecule has 0 bridgehead atoms. The van der Waals surface area contributed by atoms with E-state index >= 15 is 0 Å². The second-order valence-electron chi connectivity index (χ2n) is 17.9. The van der Waals surface area contributed by atoms with E-state index in [2.05, 4.69) is 136 Å². The molecule has 0 fully saturated rings. The molecule has 0 spiro atoms. The number of aliphatic hydroxyl groups excluding tert-OH is 4. The molecular formula is C38H70O9P2. The summed E-state index contributed by atoms with van der Waals surface area (Å²) in [7, 11) is -5.22. The SMILES string of the molecule is CC(C)(C)CC(O)C(CO)(CO)CO.CC(C)(C)c1cccc(C(C)(C)C)c1.CC(C)(C)c1cccc(C(C)(C)C)c1.OP(O)OP(O)O. The van der Waals surface area contributed by atoms with Crippen molar-refractivity contribution in [3.63, 3.8) is 0 Å². The fraction of sp³-hybridized carbons (Fsp3) is 0.684. The molecule has 286 valence electrons. The minimum Gasteiger partial charge on any atom is -0.396 e. The second-order valence-corrected chi connectivity index (χ2v) is 19.5. The van der Waals surface area contributed by atoms with Crippen LogP contribution in [0.25, 0.3) is 0 Å². The highest BCUT2D eigenvalue weighted by atomic mass is 31.2. The first-order valence-corrected chi connectivity index (χ1v) is 19.0. The van der Waals surface area contributed by atoms with Crippen LogP contribution < -0.4 is 0 Å². The Hall–Kier alpha value is -1.06. The molecule has 49 heavy (non-hydrogen) atoms. The van der Waals surface area contributed by atoms with Crippen molar-refractivity contribution in [2.45, 2.75) is 138 Å². The van der Waals surface area contributed by atoms with E-state index in [-0.39, 0.29) is 27.1 Å². The molecule has 0 aliphatic carbocycles. The summed E-state index contributed by atoms with van der Waals surface area (Å²) >= 11 is 0. The summed E-state index contributed by atoms with van der Waals surface area (Å²) in [5.74, 6) is 0. The van der Waals surface area contributed by atoms with Gasteiger partial charge in [-0.1, -0.05) is 152 Å². The Labute approximate surface area is 300 Å². The number of benzene rings is 2. The lowest BCUT2D eigenvalue weighted by molar-refractivity contribution is -0.0951. The molecular weight excluding hydrogens is 662 g/mol. The van der Waals surface area contributed by atoms with Gasteiger partial charge in [0.05, 0.1) is 31.3 Å². The Balaban J connectivity index is 0. The molecule has 8 N–H and O–H groups in total. The molecule has 0 aliphatic rings. The Morgan fingerprint density at radius 2 is 0.755 bits per heavy atom. The Morgan fingerprint density at radius 3 is 0.898 bits per heavy atom. The monoisotopic (exact) mass is 732 g/mol. The molecule has 2 aromatic rings. The van der Waals surface area contributed by atoms with Crippen molar-refractivity contribution in [2.75, 3.05) is 19.8 Å². The zero-order valence-electron chi connectivity index (χ0n) is 32.9. The van der Waals surface area contributed by atoms with Crippen LogP contribution in [0.15, 0.2) is 48.5 Å². The van der Waals surface area contributed by atoms with Gasteiger partial charge in [-0.05, 0) is 55.7 Å². The number of hydrogen-bond donors (Lipinski definition) is 8. The van der Waals surface area contributed by atoms with Crippen LogP contribution in [0.2, 0.25) is 0 Å². The van der Waals surface area contributed by atoms with Crippen molar-refractivity contribution >= 4 is 17.2 Å². The van der Waals surface area contributed by atoms with Crippen LogP contribution in [0, 0.1) is 10.8 Å². The van der Waals surface area contributed by atoms with Crippen LogP contribution in [0.3, 0.4) is 0 Å². The summed E-state index contributed by atoms with van der Waals surface area (Å²) in [5.41, 5.74) is 5.40. The highest BCUT2D eigenvalue weighted by Crippen LogP contribution is 2.41. The van der Waals surface area contributed by atoms with Crippen LogP contribution in [0.5, 0.6) is 0 Å². The van der Waals surface area contributed by atoms with E-state index in [0.29, 0.717) is 6.42 Å². The normalized spacial score (nSPS) is 13.5. The second kappa shape index (κ2) is 20.8. The van der Waals surface area contributed by atoms with Crippen LogP contribution >= 0.6 is 17.2 Å². The van der Waals surface area contributed by atoms with Crippen molar-refractivity contribution in [1.29, 1.82) is 0 Å². The fourth-order valence-corrected chi connectivity index (χ4v) is 4.75. The lowest BCUT2D eigenvalue weighted by Crippen LogP contribution is -2.46. The Kier molecular flexibility index (Phi) is 21.3. The van der Waals surface area contributed by atoms with E-state index < -0.39 is 48.5 Å². The zero-order valence-corrected chi connectivity index (χ0v) is 34.7. The first kappa shape index (κ1) is 50.0. The molecule has 2 aromatic carbocycles. The molecule has 2 rings (SSSR count). The average molecular weight is 733 g/mol. The van der Waals surface area contributed by atoms with Gasteiger partial charge in [-0.15, -0.1) is 0 Å². The van der Waals surface area contributed by atoms with E-state index in [1.54, 1.807) is 0 Å². The van der Waals surface area contributed by atoms with Crippen LogP contribution in [0.1, 0.15) is 133 Å². The summed E-state index contributed by atoms with van der Waals surface area (Å²) in [6.45, 7) is 31.7. The number of aliphatic hydroxyl groups is 4. The quantitative estimate of drug-likeness (QED) is 0.133. The number of hydrogen-bond acceptors (Lipinski definition) is 9. The third kappa shape index (κ3) is 21.2. The molecule has 0 aromatic heterocycles. The fourth-order valence-electron chi connectivity index (χ4n) is 4.23. The largest absolute Gasteiger partial charge is 0.396 e. The first-order valence-electron chi connectivity index (χ1n) is 16.6. The highest BCUT2D eigenvalue weighted by Gasteiger charge is 2.38. The molecule has 0 saturated carbocycles. The van der Waals surface area contributed by atoms with Gasteiger partial charge >= 0.3 is 17.2 Å². The van der Waals surface area contributed by atoms with Crippen LogP contribution in [0.4, 0.5) is 0 Å². The van der Waals surface area contributed by atoms with Gasteiger partial charge in [0.15, 0.2) is 0 Å². The van der Waals surface area contributed by atoms with E-state index in [1.807, 2.05) is 20.8 Å². The van der Waals surface area contributed by atoms with Gasteiger partial charge in [-0.25, -0.2) is 4.31 Å². The molecule has 9 nitrogen and oxygen atoms in total. The molecule has 0 radical (unpaired) electrons. The van der Waals surface area contributed by atoms with Gasteiger partial charge in [0.25, 0.3) is 0 Å². The average Bonchev–Trinajstić information content (AvgIpc) is 2.92. The minimum atomic E-state index is -2.61. The van der Waals surface area contributed by atoms with Gasteiger partial charge in [0.2, 0.25) is 0 Å². The van der Waals surface area contributed by atoms with Crippen LogP contribution in [-0.4, -0.2) is 65.9 Å². The van der Waals surface area contributed by atoms with E-state index in [4.69, 9.17) is 34.9 Å². The third-order valence-electron chi connectivity index (χ3n) is 7.79. The van der Waals surface area contributed by atoms with Crippen molar-refractivity contribution in [3.05, 3.63) is 70.8 Å². The van der Waals surface area contributed by atoms with Crippen molar-refractivity contribution in [3.8, 4) is 0 Å². The van der Waals surface area contributed by atoms with Gasteiger partial charge in [-0.2, -0.15) is 0 Å². The predicted molar refractivity (Wildman–Crippen MR) is 205 cm³/mol. The minimum absolute atomic E-state index is 0.107. The van der Waals surface area contributed by atoms with E-state index in [9.17, 15) is 5.11 Å². The molecule has 0 amide bonds. The topological polar surface area (TPSA) is 171 Å². The summed E-state index contributed by atoms with van der Waals surface area (Å²) in [6.07, 6.45) is -0.475. The molecule has 0 heterocycles. The lowest BCUT2D eigenvalue weighted by Gasteiger charge is -2.36. The maximum absolute atomic E-state index is 9.82. The number of rotatable bonds is 7. The molecule has 1 unspecified atom stereocenters. The van der Waals surface area contributed by atoms with Crippen molar-refractivity contribution < 1.29 is 44.3 Å². The Bertz CT molecular complexity index is 1040. The van der Waals surface area contributed by atoms with Gasteiger partial charge < -0.3 is 40.0 Å².